The minimum Gasteiger partial charge on any atom is -0.373 e. The fourth-order valence-electron chi connectivity index (χ4n) is 2.70. The minimum absolute atomic E-state index is 0. The predicted octanol–water partition coefficient (Wildman–Crippen LogP) is 1.82. The first-order valence-electron chi connectivity index (χ1n) is 7.84. The monoisotopic (exact) mass is 410 g/mol. The van der Waals surface area contributed by atoms with Gasteiger partial charge in [-0.25, -0.2) is 0 Å². The first-order valence-corrected chi connectivity index (χ1v) is 7.84. The van der Waals surface area contributed by atoms with Crippen molar-refractivity contribution in [1.82, 2.24) is 15.5 Å². The summed E-state index contributed by atoms with van der Waals surface area (Å²) in [4.78, 5) is 6.75. The summed E-state index contributed by atoms with van der Waals surface area (Å²) in [6.07, 6.45) is 4.98. The number of guanidine groups is 1. The van der Waals surface area contributed by atoms with Crippen LogP contribution in [-0.4, -0.2) is 62.3 Å². The molecule has 1 saturated heterocycles. The van der Waals surface area contributed by atoms with Crippen molar-refractivity contribution in [2.24, 2.45) is 4.99 Å². The van der Waals surface area contributed by atoms with Gasteiger partial charge in [-0.2, -0.15) is 0 Å². The molecule has 0 aromatic carbocycles. The van der Waals surface area contributed by atoms with Crippen molar-refractivity contribution < 1.29 is 4.74 Å². The molecule has 0 bridgehead atoms. The molecule has 2 aliphatic rings. The van der Waals surface area contributed by atoms with E-state index in [-0.39, 0.29) is 29.6 Å². The lowest BCUT2D eigenvalue weighted by Crippen LogP contribution is -2.49. The van der Waals surface area contributed by atoms with E-state index in [0.29, 0.717) is 6.04 Å². The smallest absolute Gasteiger partial charge is 0.191 e. The van der Waals surface area contributed by atoms with Crippen molar-refractivity contribution in [2.45, 2.75) is 57.2 Å². The molecule has 0 spiro atoms. The van der Waals surface area contributed by atoms with Crippen LogP contribution >= 0.6 is 24.0 Å². The molecule has 0 amide bonds. The van der Waals surface area contributed by atoms with Crippen LogP contribution in [-0.2, 0) is 4.74 Å². The summed E-state index contributed by atoms with van der Waals surface area (Å²) in [5.74, 6) is 0.873. The zero-order chi connectivity index (χ0) is 14.6. The highest BCUT2D eigenvalue weighted by atomic mass is 127. The zero-order valence-electron chi connectivity index (χ0n) is 13.8. The van der Waals surface area contributed by atoms with Crippen molar-refractivity contribution in [3.8, 4) is 0 Å². The quantitative estimate of drug-likeness (QED) is 0.399. The molecular weight excluding hydrogens is 379 g/mol. The predicted molar refractivity (Wildman–Crippen MR) is 98.6 cm³/mol. The Labute approximate surface area is 146 Å². The van der Waals surface area contributed by atoms with Gasteiger partial charge in [0.1, 0.15) is 0 Å². The van der Waals surface area contributed by atoms with Gasteiger partial charge in [-0.3, -0.25) is 9.89 Å². The third-order valence-corrected chi connectivity index (χ3v) is 4.54. The average Bonchev–Trinajstić information content (AvgIpc) is 3.20. The Hall–Kier alpha value is -0.0800. The molecule has 21 heavy (non-hydrogen) atoms. The van der Waals surface area contributed by atoms with E-state index in [1.54, 1.807) is 0 Å². The summed E-state index contributed by atoms with van der Waals surface area (Å²) in [6, 6.07) is 1.33. The molecule has 1 heterocycles. The Balaban J connectivity index is 0.00000220. The molecule has 1 aliphatic carbocycles. The van der Waals surface area contributed by atoms with E-state index in [4.69, 9.17) is 4.74 Å². The van der Waals surface area contributed by atoms with Gasteiger partial charge in [0.15, 0.2) is 5.96 Å². The second kappa shape index (κ2) is 8.53. The van der Waals surface area contributed by atoms with E-state index < -0.39 is 0 Å². The van der Waals surface area contributed by atoms with Crippen LogP contribution in [0.15, 0.2) is 4.99 Å². The molecule has 0 radical (unpaired) electrons. The first kappa shape index (κ1) is 19.0. The zero-order valence-corrected chi connectivity index (χ0v) is 16.1. The van der Waals surface area contributed by atoms with E-state index in [1.165, 1.54) is 12.8 Å². The molecule has 1 saturated carbocycles. The number of hydrogen-bond donors (Lipinski definition) is 2. The van der Waals surface area contributed by atoms with Crippen LogP contribution < -0.4 is 10.6 Å². The van der Waals surface area contributed by atoms with Gasteiger partial charge in [0.25, 0.3) is 0 Å². The Kier molecular flexibility index (Phi) is 7.70. The Morgan fingerprint density at radius 3 is 2.67 bits per heavy atom. The minimum atomic E-state index is -0.0337. The van der Waals surface area contributed by atoms with Crippen LogP contribution in [0.5, 0.6) is 0 Å². The molecule has 2 atom stereocenters. The maximum Gasteiger partial charge on any atom is 0.191 e. The summed E-state index contributed by atoms with van der Waals surface area (Å²) in [6.45, 7) is 7.06. The third-order valence-electron chi connectivity index (χ3n) is 4.54. The van der Waals surface area contributed by atoms with Gasteiger partial charge < -0.3 is 15.4 Å². The molecule has 2 unspecified atom stereocenters. The standard InChI is InChI=1S/C15H30N4O.HI/c1-12(19(4)13-6-7-13)10-17-14(16-3)18-11-15(2)8-5-9-20-15;/h12-13H,5-11H2,1-4H3,(H2,16,17,18);1H. The summed E-state index contributed by atoms with van der Waals surface area (Å²) in [5, 5.41) is 6.80. The first-order chi connectivity index (χ1) is 9.54. The van der Waals surface area contributed by atoms with Gasteiger partial charge in [-0.15, -0.1) is 24.0 Å². The lowest BCUT2D eigenvalue weighted by molar-refractivity contribution is 0.0242. The normalized spacial score (nSPS) is 27.4. The number of nitrogens with one attached hydrogen (secondary N) is 2. The molecule has 0 aromatic rings. The van der Waals surface area contributed by atoms with Crippen LogP contribution in [0.1, 0.15) is 39.5 Å². The van der Waals surface area contributed by atoms with Crippen LogP contribution in [0, 0.1) is 0 Å². The molecule has 1 aliphatic heterocycles. The molecular formula is C15H31IN4O. The van der Waals surface area contributed by atoms with Gasteiger partial charge in [0.05, 0.1) is 5.60 Å². The number of halogens is 1. The second-order valence-electron chi connectivity index (χ2n) is 6.45. The van der Waals surface area contributed by atoms with Crippen LogP contribution in [0.3, 0.4) is 0 Å². The van der Waals surface area contributed by atoms with Gasteiger partial charge in [-0.05, 0) is 46.6 Å². The number of likely N-dealkylation sites (N-methyl/N-ethyl adjacent to an activating group) is 1. The lowest BCUT2D eigenvalue weighted by atomic mass is 10.0. The van der Waals surface area contributed by atoms with Gasteiger partial charge in [-0.1, -0.05) is 0 Å². The molecule has 2 rings (SSSR count). The molecule has 6 heteroatoms. The van der Waals surface area contributed by atoms with E-state index in [2.05, 4.69) is 41.4 Å². The molecule has 124 valence electrons. The SMILES string of the molecule is CN=C(NCC(C)N(C)C1CC1)NCC1(C)CCCO1.I. The van der Waals surface area contributed by atoms with Crippen molar-refractivity contribution in [1.29, 1.82) is 0 Å². The highest BCUT2D eigenvalue weighted by Gasteiger charge is 2.30. The van der Waals surface area contributed by atoms with Crippen LogP contribution in [0.2, 0.25) is 0 Å². The van der Waals surface area contributed by atoms with Crippen molar-refractivity contribution in [3.63, 3.8) is 0 Å². The van der Waals surface area contributed by atoms with Gasteiger partial charge in [0.2, 0.25) is 0 Å². The number of aliphatic imine (C=N–C) groups is 1. The number of ether oxygens (including phenoxy) is 1. The van der Waals surface area contributed by atoms with E-state index >= 15 is 0 Å². The van der Waals surface area contributed by atoms with Crippen molar-refractivity contribution in [2.75, 3.05) is 33.8 Å². The molecule has 0 aromatic heterocycles. The van der Waals surface area contributed by atoms with E-state index in [9.17, 15) is 0 Å². The average molecular weight is 410 g/mol. The van der Waals surface area contributed by atoms with E-state index in [0.717, 1.165) is 44.5 Å². The van der Waals surface area contributed by atoms with Crippen LogP contribution in [0.25, 0.3) is 0 Å². The lowest BCUT2D eigenvalue weighted by Gasteiger charge is -2.27. The number of rotatable bonds is 6. The highest BCUT2D eigenvalue weighted by molar-refractivity contribution is 14.0. The van der Waals surface area contributed by atoms with Crippen molar-refractivity contribution >= 4 is 29.9 Å². The Morgan fingerprint density at radius 2 is 2.14 bits per heavy atom. The summed E-state index contributed by atoms with van der Waals surface area (Å²) < 4.78 is 5.79. The van der Waals surface area contributed by atoms with Crippen LogP contribution in [0.4, 0.5) is 0 Å². The molecule has 5 nitrogen and oxygen atoms in total. The van der Waals surface area contributed by atoms with Gasteiger partial charge in [0, 0.05) is 38.8 Å². The fourth-order valence-corrected chi connectivity index (χ4v) is 2.70. The number of nitrogens with zero attached hydrogens (tertiary/aromatic N) is 2. The third kappa shape index (κ3) is 5.90. The maximum absolute atomic E-state index is 5.79. The summed E-state index contributed by atoms with van der Waals surface area (Å²) >= 11 is 0. The largest absolute Gasteiger partial charge is 0.373 e. The highest BCUT2D eigenvalue weighted by Crippen LogP contribution is 2.26. The summed E-state index contributed by atoms with van der Waals surface area (Å²) in [7, 11) is 4.04. The second-order valence-corrected chi connectivity index (χ2v) is 6.45. The summed E-state index contributed by atoms with van der Waals surface area (Å²) in [5.41, 5.74) is -0.0337. The van der Waals surface area contributed by atoms with Crippen molar-refractivity contribution in [3.05, 3.63) is 0 Å². The molecule has 2 N–H and O–H groups in total. The van der Waals surface area contributed by atoms with Gasteiger partial charge >= 0.3 is 0 Å². The maximum atomic E-state index is 5.79. The Morgan fingerprint density at radius 1 is 1.43 bits per heavy atom. The Bertz CT molecular complexity index is 341. The van der Waals surface area contributed by atoms with E-state index in [1.807, 2.05) is 7.05 Å². The molecule has 2 fully saturated rings. The fraction of sp³-hybridized carbons (Fsp3) is 0.933. The topological polar surface area (TPSA) is 48.9 Å². The number of hydrogen-bond acceptors (Lipinski definition) is 3.